The Bertz CT molecular complexity index is 178. The average molecular weight is 287 g/mol. The zero-order valence-corrected chi connectivity index (χ0v) is 13.8. The Morgan fingerprint density at radius 1 is 0.842 bits per heavy atom. The predicted octanol–water partition coefficient (Wildman–Crippen LogP) is 6.17. The molecule has 0 bridgehead atoms. The Balaban J connectivity index is 1.71. The van der Waals surface area contributed by atoms with Gasteiger partial charge in [0.2, 0.25) is 0 Å². The van der Waals surface area contributed by atoms with E-state index in [1.165, 1.54) is 89.2 Å². The lowest BCUT2D eigenvalue weighted by atomic mass is 10.1. The third kappa shape index (κ3) is 10.7. The molecule has 0 N–H and O–H groups in total. The van der Waals surface area contributed by atoms with E-state index in [2.05, 4.69) is 18.7 Å². The molecule has 2 heteroatoms. The van der Waals surface area contributed by atoms with Crippen LogP contribution in [0.5, 0.6) is 0 Å². The minimum atomic E-state index is 0.521. The molecule has 0 aliphatic carbocycles. The van der Waals surface area contributed by atoms with E-state index in [1.54, 1.807) is 0 Å². The predicted molar refractivity (Wildman–Crippen MR) is 87.9 cm³/mol. The van der Waals surface area contributed by atoms with Crippen molar-refractivity contribution in [2.45, 2.75) is 95.8 Å². The second kappa shape index (κ2) is 13.3. The Morgan fingerprint density at radius 2 is 1.47 bits per heavy atom. The van der Waals surface area contributed by atoms with Gasteiger partial charge in [-0.25, -0.2) is 0 Å². The highest BCUT2D eigenvalue weighted by Gasteiger charge is 2.13. The summed E-state index contributed by atoms with van der Waals surface area (Å²) in [6, 6.07) is 0. The van der Waals surface area contributed by atoms with Crippen molar-refractivity contribution >= 4 is 11.8 Å². The van der Waals surface area contributed by atoms with Gasteiger partial charge < -0.3 is 4.74 Å². The van der Waals surface area contributed by atoms with Crippen molar-refractivity contribution in [3.63, 3.8) is 0 Å². The Hall–Kier alpha value is 0.310. The summed E-state index contributed by atoms with van der Waals surface area (Å²) in [6.45, 7) is 3.28. The van der Waals surface area contributed by atoms with Gasteiger partial charge in [-0.1, -0.05) is 64.7 Å². The Kier molecular flexibility index (Phi) is 12.2. The van der Waals surface area contributed by atoms with Gasteiger partial charge in [-0.2, -0.15) is 0 Å². The second-order valence-electron chi connectivity index (χ2n) is 5.85. The fraction of sp³-hybridized carbons (Fsp3) is 1.00. The standard InChI is InChI=1S/C17H34OS/c1-2-3-4-5-6-7-8-9-10-13-16-19-17-14-11-12-15-18-17/h17H,2-16H2,1H3. The minimum Gasteiger partial charge on any atom is -0.368 e. The number of unbranched alkanes of at least 4 members (excludes halogenated alkanes) is 9. The molecule has 1 heterocycles. The molecule has 1 aliphatic rings. The number of hydrogen-bond donors (Lipinski definition) is 0. The highest BCUT2D eigenvalue weighted by molar-refractivity contribution is 7.99. The van der Waals surface area contributed by atoms with Crippen molar-refractivity contribution in [3.8, 4) is 0 Å². The van der Waals surface area contributed by atoms with Crippen molar-refractivity contribution in [1.82, 2.24) is 0 Å². The monoisotopic (exact) mass is 286 g/mol. The zero-order valence-electron chi connectivity index (χ0n) is 13.0. The lowest BCUT2D eigenvalue weighted by Gasteiger charge is -2.21. The van der Waals surface area contributed by atoms with Crippen LogP contribution in [0.2, 0.25) is 0 Å². The smallest absolute Gasteiger partial charge is 0.103 e. The van der Waals surface area contributed by atoms with Gasteiger partial charge in [-0.05, 0) is 31.4 Å². The minimum absolute atomic E-state index is 0.521. The summed E-state index contributed by atoms with van der Waals surface area (Å²) in [4.78, 5) is 0. The van der Waals surface area contributed by atoms with Crippen LogP contribution in [0.25, 0.3) is 0 Å². The van der Waals surface area contributed by atoms with Gasteiger partial charge in [0, 0.05) is 6.61 Å². The summed E-state index contributed by atoms with van der Waals surface area (Å²) in [5.41, 5.74) is 0.521. The maximum Gasteiger partial charge on any atom is 0.103 e. The van der Waals surface area contributed by atoms with Crippen LogP contribution in [0.3, 0.4) is 0 Å². The molecule has 1 saturated heterocycles. The van der Waals surface area contributed by atoms with Crippen LogP contribution in [-0.4, -0.2) is 17.8 Å². The molecule has 0 aromatic heterocycles. The molecule has 1 rings (SSSR count). The van der Waals surface area contributed by atoms with Crippen LogP contribution in [0.15, 0.2) is 0 Å². The van der Waals surface area contributed by atoms with Gasteiger partial charge >= 0.3 is 0 Å². The first-order valence-corrected chi connectivity index (χ1v) is 9.71. The molecule has 1 unspecified atom stereocenters. The molecule has 1 atom stereocenters. The fourth-order valence-electron chi connectivity index (χ4n) is 2.65. The molecule has 0 spiro atoms. The third-order valence-corrected chi connectivity index (χ3v) is 5.21. The maximum atomic E-state index is 5.73. The van der Waals surface area contributed by atoms with E-state index in [-0.39, 0.29) is 0 Å². The molecular weight excluding hydrogens is 252 g/mol. The van der Waals surface area contributed by atoms with Crippen molar-refractivity contribution in [2.75, 3.05) is 12.4 Å². The summed E-state index contributed by atoms with van der Waals surface area (Å²) >= 11 is 2.05. The molecule has 114 valence electrons. The van der Waals surface area contributed by atoms with Gasteiger partial charge in [0.15, 0.2) is 0 Å². The summed E-state index contributed by atoms with van der Waals surface area (Å²) in [5.74, 6) is 1.31. The topological polar surface area (TPSA) is 9.23 Å². The number of hydrogen-bond acceptors (Lipinski definition) is 2. The van der Waals surface area contributed by atoms with Crippen LogP contribution in [0, 0.1) is 0 Å². The first kappa shape index (κ1) is 17.4. The summed E-state index contributed by atoms with van der Waals surface area (Å²) in [6.07, 6.45) is 18.3. The first-order valence-electron chi connectivity index (χ1n) is 8.66. The molecule has 0 aromatic carbocycles. The third-order valence-electron chi connectivity index (χ3n) is 3.94. The van der Waals surface area contributed by atoms with Crippen molar-refractivity contribution in [2.24, 2.45) is 0 Å². The maximum absolute atomic E-state index is 5.73. The summed E-state index contributed by atoms with van der Waals surface area (Å²) in [7, 11) is 0. The molecule has 1 aliphatic heterocycles. The van der Waals surface area contributed by atoms with Crippen LogP contribution < -0.4 is 0 Å². The Morgan fingerprint density at radius 3 is 2.05 bits per heavy atom. The van der Waals surface area contributed by atoms with Gasteiger partial charge in [0.05, 0.1) is 0 Å². The van der Waals surface area contributed by atoms with Gasteiger partial charge in [-0.15, -0.1) is 11.8 Å². The van der Waals surface area contributed by atoms with Crippen LogP contribution >= 0.6 is 11.8 Å². The molecule has 0 amide bonds. The van der Waals surface area contributed by atoms with E-state index in [0.29, 0.717) is 5.44 Å². The molecule has 19 heavy (non-hydrogen) atoms. The molecular formula is C17H34OS. The van der Waals surface area contributed by atoms with Crippen molar-refractivity contribution < 1.29 is 4.74 Å². The van der Waals surface area contributed by atoms with Gasteiger partial charge in [-0.3, -0.25) is 0 Å². The van der Waals surface area contributed by atoms with E-state index in [9.17, 15) is 0 Å². The molecule has 1 nitrogen and oxygen atoms in total. The molecule has 1 fully saturated rings. The lowest BCUT2D eigenvalue weighted by molar-refractivity contribution is 0.0728. The highest BCUT2D eigenvalue weighted by Crippen LogP contribution is 2.24. The normalized spacial score (nSPS) is 19.7. The summed E-state index contributed by atoms with van der Waals surface area (Å²) < 4.78 is 5.73. The summed E-state index contributed by atoms with van der Waals surface area (Å²) in [5, 5.41) is 0. The molecule has 0 radical (unpaired) electrons. The van der Waals surface area contributed by atoms with Crippen molar-refractivity contribution in [1.29, 1.82) is 0 Å². The second-order valence-corrected chi connectivity index (χ2v) is 7.12. The number of thioether (sulfide) groups is 1. The Labute approximate surface area is 125 Å². The van der Waals surface area contributed by atoms with Crippen LogP contribution in [0.1, 0.15) is 90.4 Å². The van der Waals surface area contributed by atoms with Gasteiger partial charge in [0.1, 0.15) is 5.44 Å². The molecule has 0 aromatic rings. The highest BCUT2D eigenvalue weighted by atomic mass is 32.2. The zero-order chi connectivity index (χ0) is 13.6. The molecule has 0 saturated carbocycles. The first-order chi connectivity index (χ1) is 9.43. The van der Waals surface area contributed by atoms with Crippen molar-refractivity contribution in [3.05, 3.63) is 0 Å². The van der Waals surface area contributed by atoms with Crippen LogP contribution in [-0.2, 0) is 4.74 Å². The quantitative estimate of drug-likeness (QED) is 0.397. The van der Waals surface area contributed by atoms with E-state index < -0.39 is 0 Å². The SMILES string of the molecule is CCCCCCCCCCCCSC1CCCCO1. The van der Waals surface area contributed by atoms with Crippen LogP contribution in [0.4, 0.5) is 0 Å². The van der Waals surface area contributed by atoms with E-state index >= 15 is 0 Å². The van der Waals surface area contributed by atoms with E-state index in [4.69, 9.17) is 4.74 Å². The fourth-order valence-corrected chi connectivity index (χ4v) is 3.81. The van der Waals surface area contributed by atoms with E-state index in [1.807, 2.05) is 0 Å². The number of rotatable bonds is 12. The largest absolute Gasteiger partial charge is 0.368 e. The number of ether oxygens (including phenoxy) is 1. The average Bonchev–Trinajstić information content (AvgIpc) is 2.46. The van der Waals surface area contributed by atoms with E-state index in [0.717, 1.165) is 6.61 Å². The lowest BCUT2D eigenvalue weighted by Crippen LogP contribution is -2.15. The van der Waals surface area contributed by atoms with Gasteiger partial charge in [0.25, 0.3) is 0 Å².